The van der Waals surface area contributed by atoms with E-state index in [0.717, 1.165) is 65.7 Å². The molecule has 5 heterocycles. The van der Waals surface area contributed by atoms with Gasteiger partial charge in [-0.1, -0.05) is 24.3 Å². The Hall–Kier alpha value is -4.24. The molecule has 0 radical (unpaired) electrons. The number of benzene rings is 1. The van der Waals surface area contributed by atoms with Gasteiger partial charge in [-0.15, -0.1) is 0 Å². The highest BCUT2D eigenvalue weighted by molar-refractivity contribution is 5.64. The molecule has 194 valence electrons. The van der Waals surface area contributed by atoms with E-state index in [9.17, 15) is 0 Å². The Morgan fingerprint density at radius 3 is 2.66 bits per heavy atom. The molecule has 1 aliphatic heterocycles. The summed E-state index contributed by atoms with van der Waals surface area (Å²) in [6, 6.07) is 14.4. The van der Waals surface area contributed by atoms with E-state index in [1.54, 1.807) is 6.33 Å². The van der Waals surface area contributed by atoms with Crippen LogP contribution in [0.2, 0.25) is 0 Å². The Labute approximate surface area is 221 Å². The third-order valence-corrected chi connectivity index (χ3v) is 7.25. The van der Waals surface area contributed by atoms with E-state index in [1.165, 1.54) is 5.56 Å². The van der Waals surface area contributed by atoms with E-state index < -0.39 is 0 Å². The number of piperidine rings is 1. The van der Waals surface area contributed by atoms with Gasteiger partial charge in [0.15, 0.2) is 0 Å². The van der Waals surface area contributed by atoms with Gasteiger partial charge in [-0.25, -0.2) is 15.0 Å². The molecule has 1 unspecified atom stereocenters. The topological polar surface area (TPSA) is 94.2 Å². The lowest BCUT2D eigenvalue weighted by Crippen LogP contribution is -2.35. The lowest BCUT2D eigenvalue weighted by Gasteiger charge is -2.28. The van der Waals surface area contributed by atoms with Gasteiger partial charge in [-0.2, -0.15) is 5.10 Å². The van der Waals surface area contributed by atoms with Crippen molar-refractivity contribution >= 4 is 11.5 Å². The number of aryl methyl sites for hydroxylation is 1. The van der Waals surface area contributed by atoms with Crippen LogP contribution in [0.15, 0.2) is 73.6 Å². The smallest absolute Gasteiger partial charge is 0.140 e. The van der Waals surface area contributed by atoms with Gasteiger partial charge >= 0.3 is 0 Å². The minimum atomic E-state index is 0.177. The van der Waals surface area contributed by atoms with Crippen LogP contribution in [0.4, 0.5) is 5.82 Å². The third kappa shape index (κ3) is 5.24. The summed E-state index contributed by atoms with van der Waals surface area (Å²) >= 11 is 0. The number of nitrogens with zero attached hydrogens (tertiary/aromatic N) is 6. The summed E-state index contributed by atoms with van der Waals surface area (Å²) < 4.78 is 10.1. The van der Waals surface area contributed by atoms with Gasteiger partial charge in [0.05, 0.1) is 29.9 Å². The maximum absolute atomic E-state index is 6.28. The molecule has 1 aliphatic rings. The predicted octanol–water partition coefficient (Wildman–Crippen LogP) is 4.57. The highest BCUT2D eigenvalue weighted by Gasteiger charge is 2.21. The molecule has 0 spiro atoms. The largest absolute Gasteiger partial charge is 0.490 e. The van der Waals surface area contributed by atoms with Crippen LogP contribution in [-0.4, -0.2) is 48.3 Å². The van der Waals surface area contributed by atoms with Crippen molar-refractivity contribution in [2.75, 3.05) is 18.4 Å². The highest BCUT2D eigenvalue weighted by Crippen LogP contribution is 2.26. The van der Waals surface area contributed by atoms with Gasteiger partial charge in [0.2, 0.25) is 0 Å². The first-order valence-electron chi connectivity index (χ1n) is 13.1. The van der Waals surface area contributed by atoms with Crippen LogP contribution in [0.5, 0.6) is 5.75 Å². The fourth-order valence-electron chi connectivity index (χ4n) is 5.02. The first-order valence-corrected chi connectivity index (χ1v) is 13.1. The van der Waals surface area contributed by atoms with Crippen molar-refractivity contribution in [1.82, 2.24) is 34.4 Å². The second-order valence-corrected chi connectivity index (χ2v) is 9.89. The van der Waals surface area contributed by atoms with E-state index in [4.69, 9.17) is 4.74 Å². The normalized spacial score (nSPS) is 15.0. The molecule has 6 rings (SSSR count). The summed E-state index contributed by atoms with van der Waals surface area (Å²) in [5, 5.41) is 11.1. The summed E-state index contributed by atoms with van der Waals surface area (Å²) in [6.07, 6.45) is 11.8. The van der Waals surface area contributed by atoms with Gasteiger partial charge in [-0.3, -0.25) is 9.08 Å². The van der Waals surface area contributed by atoms with Crippen molar-refractivity contribution in [2.24, 2.45) is 13.0 Å². The molecule has 0 bridgehead atoms. The molecule has 38 heavy (non-hydrogen) atoms. The van der Waals surface area contributed by atoms with Crippen LogP contribution < -0.4 is 15.4 Å². The monoisotopic (exact) mass is 508 g/mol. The van der Waals surface area contributed by atoms with Gasteiger partial charge in [0, 0.05) is 43.7 Å². The Bertz CT molecular complexity index is 1520. The first kappa shape index (κ1) is 24.1. The number of fused-ring (bicyclic) bond motifs is 1. The Morgan fingerprint density at radius 2 is 1.87 bits per heavy atom. The number of pyridine rings is 1. The van der Waals surface area contributed by atoms with Crippen LogP contribution in [0.25, 0.3) is 28.2 Å². The van der Waals surface area contributed by atoms with E-state index in [2.05, 4.69) is 61.9 Å². The number of hydrogen-bond acceptors (Lipinski definition) is 7. The van der Waals surface area contributed by atoms with Crippen molar-refractivity contribution in [3.8, 4) is 28.3 Å². The number of ether oxygens (including phenoxy) is 1. The fourth-order valence-corrected chi connectivity index (χ4v) is 5.02. The van der Waals surface area contributed by atoms with Crippen molar-refractivity contribution in [3.05, 3.63) is 79.1 Å². The van der Waals surface area contributed by atoms with Crippen molar-refractivity contribution < 1.29 is 4.74 Å². The second-order valence-electron chi connectivity index (χ2n) is 9.89. The lowest BCUT2D eigenvalue weighted by molar-refractivity contribution is 0.128. The molecular formula is C29H32N8O. The number of hydrogen-bond donors (Lipinski definition) is 2. The molecule has 1 saturated heterocycles. The van der Waals surface area contributed by atoms with Crippen molar-refractivity contribution in [3.63, 3.8) is 0 Å². The molecule has 9 heteroatoms. The average molecular weight is 509 g/mol. The minimum absolute atomic E-state index is 0.177. The maximum atomic E-state index is 6.28. The maximum Gasteiger partial charge on any atom is 0.140 e. The molecule has 2 N–H and O–H groups in total. The molecule has 1 fully saturated rings. The summed E-state index contributed by atoms with van der Waals surface area (Å²) in [5.41, 5.74) is 5.96. The number of aromatic nitrogens is 6. The van der Waals surface area contributed by atoms with Gasteiger partial charge in [0.25, 0.3) is 0 Å². The number of rotatable bonds is 8. The van der Waals surface area contributed by atoms with E-state index in [1.807, 2.05) is 59.1 Å². The third-order valence-electron chi connectivity index (χ3n) is 7.25. The Morgan fingerprint density at radius 1 is 1.03 bits per heavy atom. The second kappa shape index (κ2) is 10.6. The molecule has 4 aromatic heterocycles. The lowest BCUT2D eigenvalue weighted by atomic mass is 9.93. The Balaban J connectivity index is 1.13. The van der Waals surface area contributed by atoms with Crippen LogP contribution in [0.3, 0.4) is 0 Å². The van der Waals surface area contributed by atoms with Crippen molar-refractivity contribution in [2.45, 2.75) is 32.4 Å². The van der Waals surface area contributed by atoms with Gasteiger partial charge in [0.1, 0.15) is 23.5 Å². The molecule has 0 saturated carbocycles. The summed E-state index contributed by atoms with van der Waals surface area (Å²) in [6.45, 7) is 4.96. The molecule has 1 aromatic carbocycles. The fraction of sp³-hybridized carbons (Fsp3) is 0.310. The summed E-state index contributed by atoms with van der Waals surface area (Å²) in [7, 11) is 1.92. The molecule has 9 nitrogen and oxygen atoms in total. The minimum Gasteiger partial charge on any atom is -0.490 e. The highest BCUT2D eigenvalue weighted by atomic mass is 16.5. The zero-order valence-electron chi connectivity index (χ0n) is 21.7. The standard InChI is InChI=1S/C29H32N8O/c1-20(22-7-10-30-11-8-22)38-25-9-12-37-27(17-32-29(37)13-25)26-14-28(34-19-33-26)31-15-21-3-5-23(6-4-21)24-16-35-36(2)18-24/h3-6,9,12-14,16-20,22,30H,7-8,10-11,15H2,1-2H3,(H,31,33,34). The molecule has 1 atom stereocenters. The van der Waals surface area contributed by atoms with E-state index in [0.29, 0.717) is 12.5 Å². The van der Waals surface area contributed by atoms with Crippen molar-refractivity contribution in [1.29, 1.82) is 0 Å². The molecular weight excluding hydrogens is 476 g/mol. The summed E-state index contributed by atoms with van der Waals surface area (Å²) in [4.78, 5) is 13.5. The molecule has 0 amide bonds. The Kier molecular flexibility index (Phi) is 6.75. The van der Waals surface area contributed by atoms with Crippen LogP contribution >= 0.6 is 0 Å². The predicted molar refractivity (Wildman–Crippen MR) is 148 cm³/mol. The number of nitrogens with one attached hydrogen (secondary N) is 2. The number of imidazole rings is 1. The quantitative estimate of drug-likeness (QED) is 0.317. The zero-order chi connectivity index (χ0) is 25.9. The zero-order valence-corrected chi connectivity index (χ0v) is 21.7. The molecule has 0 aliphatic carbocycles. The SMILES string of the molecule is CC(Oc1ccn2c(-c3cc(NCc4ccc(-c5cnn(C)c5)cc4)ncn3)cnc2c1)C1CCNCC1. The van der Waals surface area contributed by atoms with Gasteiger partial charge in [-0.05, 0) is 56.0 Å². The molecule has 5 aromatic rings. The summed E-state index contributed by atoms with van der Waals surface area (Å²) in [5.74, 6) is 2.19. The average Bonchev–Trinajstić information content (AvgIpc) is 3.59. The van der Waals surface area contributed by atoms with Crippen LogP contribution in [-0.2, 0) is 13.6 Å². The number of anilines is 1. The van der Waals surface area contributed by atoms with Crippen LogP contribution in [0.1, 0.15) is 25.3 Å². The van der Waals surface area contributed by atoms with E-state index >= 15 is 0 Å². The van der Waals surface area contributed by atoms with Crippen LogP contribution in [0, 0.1) is 5.92 Å². The van der Waals surface area contributed by atoms with E-state index in [-0.39, 0.29) is 6.10 Å². The van der Waals surface area contributed by atoms with Gasteiger partial charge < -0.3 is 15.4 Å². The first-order chi connectivity index (χ1) is 18.6.